The van der Waals surface area contributed by atoms with E-state index in [0.29, 0.717) is 17.2 Å². The van der Waals surface area contributed by atoms with E-state index in [1.165, 1.54) is 22.3 Å². The van der Waals surface area contributed by atoms with Crippen molar-refractivity contribution >= 4 is 21.8 Å². The van der Waals surface area contributed by atoms with E-state index in [1.807, 2.05) is 36.5 Å². The first-order valence-electron chi connectivity index (χ1n) is 23.1. The van der Waals surface area contributed by atoms with Crippen molar-refractivity contribution in [2.45, 2.75) is 112 Å². The van der Waals surface area contributed by atoms with E-state index >= 15 is 0 Å². The zero-order valence-electron chi connectivity index (χ0n) is 41.2. The van der Waals surface area contributed by atoms with Crippen molar-refractivity contribution in [2.24, 2.45) is 0 Å². The number of aryl methyl sites for hydroxylation is 1. The monoisotopic (exact) mass is 1060 g/mol. The van der Waals surface area contributed by atoms with Gasteiger partial charge in [0.1, 0.15) is 5.82 Å². The summed E-state index contributed by atoms with van der Waals surface area (Å²) >= 11 is 0. The summed E-state index contributed by atoms with van der Waals surface area (Å²) in [5.41, 5.74) is 12.8. The molecule has 0 saturated carbocycles. The van der Waals surface area contributed by atoms with Crippen LogP contribution in [0.1, 0.15) is 111 Å². The minimum absolute atomic E-state index is 0. The Hall–Kier alpha value is -6.10. The van der Waals surface area contributed by atoms with Gasteiger partial charge < -0.3 is 13.9 Å². The molecular weight excluding hydrogens is 1000 g/mol. The summed E-state index contributed by atoms with van der Waals surface area (Å²) < 4.78 is 12.8. The fraction of sp³-hybridized carbons (Fsp3) is 0.283. The second-order valence-corrected chi connectivity index (χ2v) is 21.9. The number of rotatable bonds is 7. The van der Waals surface area contributed by atoms with Crippen LogP contribution in [0.25, 0.3) is 61.5 Å². The normalized spacial score (nSPS) is 12.4. The average Bonchev–Trinajstić information content (AvgIpc) is 3.86. The Bertz CT molecular complexity index is 3120. The molecule has 9 rings (SSSR count). The Morgan fingerprint density at radius 2 is 1.13 bits per heavy atom. The molecule has 67 heavy (non-hydrogen) atoms. The molecule has 0 bridgehead atoms. The third kappa shape index (κ3) is 9.56. The average molecular weight is 1060 g/mol. The first-order chi connectivity index (χ1) is 31.1. The van der Waals surface area contributed by atoms with E-state index < -0.39 is 0 Å². The molecule has 6 nitrogen and oxygen atoms in total. The number of ether oxygens (including phenoxy) is 1. The zero-order valence-corrected chi connectivity index (χ0v) is 43.4. The number of fused-ring (bicyclic) bond motifs is 3. The molecule has 3 aromatic heterocycles. The number of hydrogen-bond donors (Lipinski definition) is 0. The van der Waals surface area contributed by atoms with Gasteiger partial charge in [0.2, 0.25) is 12.2 Å². The van der Waals surface area contributed by atoms with Crippen LogP contribution in [0.15, 0.2) is 134 Å². The van der Waals surface area contributed by atoms with Gasteiger partial charge in [0.25, 0.3) is 0 Å². The largest absolute Gasteiger partial charge is 0.510 e. The number of para-hydroxylation sites is 1. The molecule has 0 unspecified atom stereocenters. The minimum atomic E-state index is -0.0748. The fourth-order valence-electron chi connectivity index (χ4n) is 8.50. The van der Waals surface area contributed by atoms with Crippen LogP contribution < -0.4 is 9.30 Å². The van der Waals surface area contributed by atoms with Gasteiger partial charge in [0, 0.05) is 61.1 Å². The van der Waals surface area contributed by atoms with Crippen molar-refractivity contribution in [3.05, 3.63) is 180 Å². The SMILES string of the molecule is Cc1cc(-n2c3[c-]c(Oc4[c-]c(-n5[c-][n+](-c6cc(C(C)(C)C)cc(C(C)(C)C)c6)c(-c6cc(C(C)(C)C)cc(C(C)(C)C)c6)n5)ccc4)ccc3c3ccccc32)ncc1-c1ccccc1.[Pt]. The molecule has 3 heterocycles. The Balaban J connectivity index is 0.00000608. The first kappa shape index (κ1) is 47.4. The summed E-state index contributed by atoms with van der Waals surface area (Å²) in [5.74, 6) is 2.73. The molecule has 344 valence electrons. The molecule has 0 fully saturated rings. The maximum atomic E-state index is 6.65. The Kier molecular flexibility index (Phi) is 12.4. The molecule has 0 aliphatic heterocycles. The predicted octanol–water partition coefficient (Wildman–Crippen LogP) is 14.7. The van der Waals surface area contributed by atoms with Gasteiger partial charge >= 0.3 is 0 Å². The van der Waals surface area contributed by atoms with Crippen LogP contribution in [0, 0.1) is 25.4 Å². The summed E-state index contributed by atoms with van der Waals surface area (Å²) in [6.45, 7) is 29.4. The van der Waals surface area contributed by atoms with E-state index in [0.717, 1.165) is 61.4 Å². The van der Waals surface area contributed by atoms with Crippen LogP contribution in [-0.4, -0.2) is 19.3 Å². The topological polar surface area (TPSA) is 48.8 Å². The van der Waals surface area contributed by atoms with Gasteiger partial charge in [-0.05, 0) is 90.3 Å². The predicted molar refractivity (Wildman–Crippen MR) is 271 cm³/mol. The molecule has 9 aromatic rings. The standard InChI is InChI=1S/C60H61N5O.Pt/c1-39-28-55(61-37-52(39)40-20-15-14-16-21-40)65-53-25-18-17-24-50(53)51-27-26-49(36-54(51)65)66-48-23-19-22-46(35-48)64-38-63(47-33-44(59(8,9)10)32-45(34-47)60(11,12)13)56(62-64)41-29-42(57(2,3)4)31-43(30-41)58(5,6)7;/h14-34,37H,1-13H3;/q-2;. The fourth-order valence-corrected chi connectivity index (χ4v) is 8.50. The molecule has 0 radical (unpaired) electrons. The Morgan fingerprint density at radius 3 is 1.75 bits per heavy atom. The van der Waals surface area contributed by atoms with Crippen molar-refractivity contribution in [3.63, 3.8) is 0 Å². The van der Waals surface area contributed by atoms with Crippen LogP contribution in [0.3, 0.4) is 0 Å². The van der Waals surface area contributed by atoms with E-state index in [2.05, 4.69) is 215 Å². The molecule has 0 aliphatic rings. The molecule has 7 heteroatoms. The molecule has 0 spiro atoms. The van der Waals surface area contributed by atoms with E-state index in [9.17, 15) is 0 Å². The molecule has 0 amide bonds. The maximum absolute atomic E-state index is 6.65. The van der Waals surface area contributed by atoms with Crippen molar-refractivity contribution < 1.29 is 30.4 Å². The molecule has 0 aliphatic carbocycles. The van der Waals surface area contributed by atoms with Gasteiger partial charge in [-0.1, -0.05) is 174 Å². The van der Waals surface area contributed by atoms with Crippen molar-refractivity contribution in [3.8, 4) is 51.2 Å². The van der Waals surface area contributed by atoms with E-state index in [4.69, 9.17) is 14.8 Å². The minimum Gasteiger partial charge on any atom is -0.510 e. The number of hydrogen-bond acceptors (Lipinski definition) is 3. The van der Waals surface area contributed by atoms with Crippen LogP contribution in [0.5, 0.6) is 11.5 Å². The molecule has 6 aromatic carbocycles. The smallest absolute Gasteiger partial charge is 0.231 e. The zero-order chi connectivity index (χ0) is 46.9. The van der Waals surface area contributed by atoms with Crippen molar-refractivity contribution in [1.29, 1.82) is 0 Å². The first-order valence-corrected chi connectivity index (χ1v) is 23.1. The third-order valence-electron chi connectivity index (χ3n) is 12.6. The summed E-state index contributed by atoms with van der Waals surface area (Å²) in [5, 5.41) is 7.56. The van der Waals surface area contributed by atoms with E-state index in [1.54, 1.807) is 4.68 Å². The summed E-state index contributed by atoms with van der Waals surface area (Å²) in [4.78, 5) is 5.02. The quantitative estimate of drug-likeness (QED) is 0.118. The number of pyridine rings is 1. The molecule has 0 saturated heterocycles. The van der Waals surface area contributed by atoms with Gasteiger partial charge in [-0.15, -0.1) is 29.7 Å². The molecule has 0 atom stereocenters. The van der Waals surface area contributed by atoms with Crippen LogP contribution in [0.2, 0.25) is 0 Å². The van der Waals surface area contributed by atoms with Gasteiger partial charge in [0.15, 0.2) is 0 Å². The molecular formula is C60H61N5OPt-2. The van der Waals surface area contributed by atoms with Crippen molar-refractivity contribution in [1.82, 2.24) is 19.3 Å². The van der Waals surface area contributed by atoms with Gasteiger partial charge in [-0.3, -0.25) is 0 Å². The second-order valence-electron chi connectivity index (χ2n) is 21.9. The van der Waals surface area contributed by atoms with Crippen molar-refractivity contribution in [2.75, 3.05) is 0 Å². The van der Waals surface area contributed by atoms with Crippen LogP contribution >= 0.6 is 0 Å². The van der Waals surface area contributed by atoms with E-state index in [-0.39, 0.29) is 42.7 Å². The summed E-state index contributed by atoms with van der Waals surface area (Å²) in [6.07, 6.45) is 5.65. The van der Waals surface area contributed by atoms with Gasteiger partial charge in [-0.25, -0.2) is 4.98 Å². The van der Waals surface area contributed by atoms with Crippen LogP contribution in [-0.2, 0) is 42.7 Å². The maximum Gasteiger partial charge on any atom is 0.231 e. The summed E-state index contributed by atoms with van der Waals surface area (Å²) in [7, 11) is 0. The molecule has 0 N–H and O–H groups in total. The number of benzene rings is 6. The van der Waals surface area contributed by atoms with Crippen LogP contribution in [0.4, 0.5) is 0 Å². The number of aromatic nitrogens is 5. The summed E-state index contributed by atoms with van der Waals surface area (Å²) in [6, 6.07) is 52.0. The van der Waals surface area contributed by atoms with Gasteiger partial charge in [0.05, 0.1) is 0 Å². The Labute approximate surface area is 412 Å². The van der Waals surface area contributed by atoms with Gasteiger partial charge in [-0.2, -0.15) is 22.9 Å². The third-order valence-corrected chi connectivity index (χ3v) is 12.6. The number of nitrogens with zero attached hydrogens (tertiary/aromatic N) is 5. The Morgan fingerprint density at radius 1 is 0.552 bits per heavy atom. The second kappa shape index (κ2) is 17.5.